The van der Waals surface area contributed by atoms with Gasteiger partial charge in [0.2, 0.25) is 0 Å². The van der Waals surface area contributed by atoms with E-state index in [1.54, 1.807) is 4.90 Å². The van der Waals surface area contributed by atoms with Gasteiger partial charge in [-0.05, 0) is 45.8 Å². The lowest BCUT2D eigenvalue weighted by Gasteiger charge is -2.47. The fourth-order valence-electron chi connectivity index (χ4n) is 3.63. The van der Waals surface area contributed by atoms with Crippen LogP contribution in [0.3, 0.4) is 0 Å². The smallest absolute Gasteiger partial charge is 0.256 e. The molecule has 3 rings (SSSR count). The summed E-state index contributed by atoms with van der Waals surface area (Å²) < 4.78 is 19.8. The van der Waals surface area contributed by atoms with Crippen LogP contribution in [0, 0.1) is 5.82 Å². The highest BCUT2D eigenvalue weighted by Gasteiger charge is 2.41. The van der Waals surface area contributed by atoms with Crippen molar-refractivity contribution in [2.24, 2.45) is 0 Å². The minimum Gasteiger partial charge on any atom is -0.375 e. The topological polar surface area (TPSA) is 45.7 Å². The van der Waals surface area contributed by atoms with E-state index in [4.69, 9.17) is 4.74 Å². The van der Waals surface area contributed by atoms with Crippen LogP contribution in [0.2, 0.25) is 0 Å². The predicted molar refractivity (Wildman–Crippen MR) is 84.7 cm³/mol. The van der Waals surface area contributed by atoms with E-state index < -0.39 is 5.82 Å². The summed E-state index contributed by atoms with van der Waals surface area (Å²) in [5.41, 5.74) is -0.0208. The summed E-state index contributed by atoms with van der Waals surface area (Å²) >= 11 is 0. The lowest BCUT2D eigenvalue weighted by molar-refractivity contribution is -0.125. The molecule has 1 spiro atoms. The Morgan fingerprint density at radius 3 is 2.83 bits per heavy atom. The number of halogens is 1. The van der Waals surface area contributed by atoms with Gasteiger partial charge in [0.25, 0.3) is 5.91 Å². The average Bonchev–Trinajstić information content (AvgIpc) is 2.55. The SMILES string of the molecule is CN(C)[C@H]1CCOC2(CCN(C(=O)c3ccncc3F)CC2)C1. The minimum absolute atomic E-state index is 0.103. The third kappa shape index (κ3) is 3.38. The van der Waals surface area contributed by atoms with Crippen molar-refractivity contribution in [3.63, 3.8) is 0 Å². The van der Waals surface area contributed by atoms with Crippen molar-refractivity contribution >= 4 is 5.91 Å². The molecule has 0 saturated carbocycles. The molecule has 1 amide bonds. The molecule has 0 radical (unpaired) electrons. The standard InChI is InChI=1S/C17H24FN3O2/c1-20(2)13-4-10-23-17(11-13)5-8-21(9-6-17)16(22)14-3-7-19-12-15(14)18/h3,7,12-13H,4-6,8-11H2,1-2H3/t13-/m0/s1. The minimum atomic E-state index is -0.556. The summed E-state index contributed by atoms with van der Waals surface area (Å²) in [5, 5.41) is 0. The predicted octanol–water partition coefficient (Wildman–Crippen LogP) is 1.94. The number of nitrogens with zero attached hydrogens (tertiary/aromatic N) is 3. The largest absolute Gasteiger partial charge is 0.375 e. The van der Waals surface area contributed by atoms with Gasteiger partial charge in [-0.25, -0.2) is 4.39 Å². The number of carbonyl (C=O) groups excluding carboxylic acids is 1. The Morgan fingerprint density at radius 1 is 1.43 bits per heavy atom. The van der Waals surface area contributed by atoms with Crippen LogP contribution >= 0.6 is 0 Å². The Kier molecular flexibility index (Phi) is 4.64. The van der Waals surface area contributed by atoms with E-state index in [1.807, 2.05) is 0 Å². The molecule has 0 aromatic carbocycles. The number of rotatable bonds is 2. The van der Waals surface area contributed by atoms with Crippen molar-refractivity contribution in [1.29, 1.82) is 0 Å². The molecular formula is C17H24FN3O2. The molecule has 23 heavy (non-hydrogen) atoms. The van der Waals surface area contributed by atoms with Crippen molar-refractivity contribution in [1.82, 2.24) is 14.8 Å². The molecular weight excluding hydrogens is 297 g/mol. The van der Waals surface area contributed by atoms with Gasteiger partial charge >= 0.3 is 0 Å². The van der Waals surface area contributed by atoms with Crippen LogP contribution in [-0.4, -0.2) is 66.1 Å². The molecule has 6 heteroatoms. The molecule has 1 aromatic rings. The molecule has 2 aliphatic rings. The van der Waals surface area contributed by atoms with E-state index in [0.29, 0.717) is 19.1 Å². The first-order chi connectivity index (χ1) is 11.0. The zero-order valence-electron chi connectivity index (χ0n) is 13.8. The molecule has 2 aliphatic heterocycles. The van der Waals surface area contributed by atoms with E-state index in [9.17, 15) is 9.18 Å². The number of hydrogen-bond donors (Lipinski definition) is 0. The molecule has 2 saturated heterocycles. The number of hydrogen-bond acceptors (Lipinski definition) is 4. The Balaban J connectivity index is 1.64. The van der Waals surface area contributed by atoms with Gasteiger partial charge in [-0.2, -0.15) is 0 Å². The number of likely N-dealkylation sites (tertiary alicyclic amines) is 1. The number of piperidine rings is 1. The van der Waals surface area contributed by atoms with Gasteiger partial charge in [0.1, 0.15) is 0 Å². The molecule has 0 N–H and O–H groups in total. The Morgan fingerprint density at radius 2 is 2.17 bits per heavy atom. The molecule has 0 unspecified atom stereocenters. The van der Waals surface area contributed by atoms with E-state index in [0.717, 1.165) is 38.5 Å². The first-order valence-electron chi connectivity index (χ1n) is 8.20. The van der Waals surface area contributed by atoms with Gasteiger partial charge in [0.05, 0.1) is 17.4 Å². The summed E-state index contributed by atoms with van der Waals surface area (Å²) in [6, 6.07) is 1.98. The summed E-state index contributed by atoms with van der Waals surface area (Å²) in [7, 11) is 4.21. The second kappa shape index (κ2) is 6.53. The third-order valence-corrected chi connectivity index (χ3v) is 5.16. The van der Waals surface area contributed by atoms with Crippen molar-refractivity contribution in [3.05, 3.63) is 29.8 Å². The highest BCUT2D eigenvalue weighted by Crippen LogP contribution is 2.36. The second-order valence-corrected chi connectivity index (χ2v) is 6.79. The van der Waals surface area contributed by atoms with Crippen molar-refractivity contribution in [3.8, 4) is 0 Å². The lowest BCUT2D eigenvalue weighted by atomic mass is 9.82. The van der Waals surface area contributed by atoms with Crippen LogP contribution in [0.25, 0.3) is 0 Å². The van der Waals surface area contributed by atoms with Gasteiger partial charge in [0.15, 0.2) is 5.82 Å². The molecule has 126 valence electrons. The molecule has 5 nitrogen and oxygen atoms in total. The number of pyridine rings is 1. The van der Waals surface area contributed by atoms with Crippen LogP contribution in [0.5, 0.6) is 0 Å². The summed E-state index contributed by atoms with van der Waals surface area (Å²) in [5.74, 6) is -0.806. The maximum absolute atomic E-state index is 13.7. The maximum Gasteiger partial charge on any atom is 0.256 e. The Labute approximate surface area is 136 Å². The molecule has 1 aromatic heterocycles. The van der Waals surface area contributed by atoms with Gasteiger partial charge < -0.3 is 14.5 Å². The van der Waals surface area contributed by atoms with Crippen molar-refractivity contribution in [2.45, 2.75) is 37.3 Å². The fourth-order valence-corrected chi connectivity index (χ4v) is 3.63. The number of aromatic nitrogens is 1. The fraction of sp³-hybridized carbons (Fsp3) is 0.647. The zero-order valence-corrected chi connectivity index (χ0v) is 13.8. The number of amides is 1. The van der Waals surface area contributed by atoms with E-state index in [2.05, 4.69) is 24.0 Å². The molecule has 1 atom stereocenters. The highest BCUT2D eigenvalue weighted by atomic mass is 19.1. The van der Waals surface area contributed by atoms with E-state index in [1.165, 1.54) is 12.3 Å². The normalized spacial score (nSPS) is 24.2. The van der Waals surface area contributed by atoms with E-state index in [-0.39, 0.29) is 17.1 Å². The number of ether oxygens (including phenoxy) is 1. The Bertz CT molecular complexity index is 571. The summed E-state index contributed by atoms with van der Waals surface area (Å²) in [6.45, 7) is 2.00. The van der Waals surface area contributed by atoms with Crippen molar-refractivity contribution in [2.75, 3.05) is 33.8 Å². The highest BCUT2D eigenvalue weighted by molar-refractivity contribution is 5.94. The second-order valence-electron chi connectivity index (χ2n) is 6.79. The van der Waals surface area contributed by atoms with Crippen molar-refractivity contribution < 1.29 is 13.9 Å². The number of carbonyl (C=O) groups is 1. The van der Waals surface area contributed by atoms with Gasteiger partial charge in [-0.15, -0.1) is 0 Å². The first kappa shape index (κ1) is 16.3. The van der Waals surface area contributed by atoms with Crippen LogP contribution in [0.1, 0.15) is 36.0 Å². The van der Waals surface area contributed by atoms with Crippen LogP contribution in [0.15, 0.2) is 18.5 Å². The monoisotopic (exact) mass is 321 g/mol. The lowest BCUT2D eigenvalue weighted by Crippen LogP contribution is -2.53. The van der Waals surface area contributed by atoms with Gasteiger partial charge in [-0.3, -0.25) is 9.78 Å². The quantitative estimate of drug-likeness (QED) is 0.835. The zero-order chi connectivity index (χ0) is 16.4. The van der Waals surface area contributed by atoms with Gasteiger partial charge in [0, 0.05) is 31.9 Å². The molecule has 0 aliphatic carbocycles. The third-order valence-electron chi connectivity index (χ3n) is 5.16. The average molecular weight is 321 g/mol. The molecule has 3 heterocycles. The summed E-state index contributed by atoms with van der Waals surface area (Å²) in [6.07, 6.45) is 6.23. The molecule has 0 bridgehead atoms. The summed E-state index contributed by atoms with van der Waals surface area (Å²) in [4.78, 5) is 20.2. The maximum atomic E-state index is 13.7. The van der Waals surface area contributed by atoms with Crippen LogP contribution < -0.4 is 0 Å². The van der Waals surface area contributed by atoms with Crippen LogP contribution in [-0.2, 0) is 4.74 Å². The first-order valence-corrected chi connectivity index (χ1v) is 8.20. The Hall–Kier alpha value is -1.53. The van der Waals surface area contributed by atoms with Crippen LogP contribution in [0.4, 0.5) is 4.39 Å². The van der Waals surface area contributed by atoms with E-state index >= 15 is 0 Å². The van der Waals surface area contributed by atoms with Gasteiger partial charge in [-0.1, -0.05) is 0 Å². The molecule has 2 fully saturated rings.